The van der Waals surface area contributed by atoms with Crippen LogP contribution in [0, 0.1) is 0 Å². The minimum absolute atomic E-state index is 0.851. The minimum Gasteiger partial charge on any atom is -0.182 e. The molecule has 0 aliphatic rings. The lowest BCUT2D eigenvalue weighted by Gasteiger charge is -1.96. The quantitative estimate of drug-likeness (QED) is 0.645. The van der Waals surface area contributed by atoms with E-state index in [1.54, 1.807) is 0 Å². The standard InChI is InChI=1S/C10H7NS/c12-11-10-6-5-8-3-1-2-4-9(8)7-10/h1-7H. The van der Waals surface area contributed by atoms with Crippen molar-refractivity contribution in [3.8, 4) is 0 Å². The van der Waals surface area contributed by atoms with E-state index in [0.29, 0.717) is 0 Å². The normalized spacial score (nSPS) is 10.0. The molecular formula is C10H7NS. The van der Waals surface area contributed by atoms with Crippen LogP contribution in [0.4, 0.5) is 5.69 Å². The number of fused-ring (bicyclic) bond motifs is 1. The molecule has 0 heterocycles. The van der Waals surface area contributed by atoms with Crippen LogP contribution in [0.25, 0.3) is 10.8 Å². The van der Waals surface area contributed by atoms with Crippen molar-refractivity contribution in [2.75, 3.05) is 0 Å². The molecule has 12 heavy (non-hydrogen) atoms. The summed E-state index contributed by atoms with van der Waals surface area (Å²) in [4.78, 5) is 0. The molecule has 2 aromatic carbocycles. The number of nitrogens with zero attached hydrogens (tertiary/aromatic N) is 1. The first kappa shape index (κ1) is 7.37. The van der Waals surface area contributed by atoms with Gasteiger partial charge in [0.25, 0.3) is 0 Å². The summed E-state index contributed by atoms with van der Waals surface area (Å²) in [6.45, 7) is 0. The topological polar surface area (TPSA) is 12.4 Å². The summed E-state index contributed by atoms with van der Waals surface area (Å²) in [6.07, 6.45) is 0. The monoisotopic (exact) mass is 173 g/mol. The summed E-state index contributed by atoms with van der Waals surface area (Å²) in [5.74, 6) is 0. The highest BCUT2D eigenvalue weighted by molar-refractivity contribution is 7.47. The first-order valence-corrected chi connectivity index (χ1v) is 4.09. The van der Waals surface area contributed by atoms with Crippen LogP contribution in [0.2, 0.25) is 0 Å². The summed E-state index contributed by atoms with van der Waals surface area (Å²) < 4.78 is 3.70. The molecule has 2 aromatic rings. The van der Waals surface area contributed by atoms with E-state index in [9.17, 15) is 0 Å². The molecule has 0 atom stereocenters. The average Bonchev–Trinajstić information content (AvgIpc) is 2.17. The maximum Gasteiger partial charge on any atom is 0.0775 e. The number of rotatable bonds is 1. The fourth-order valence-corrected chi connectivity index (χ4v) is 1.35. The van der Waals surface area contributed by atoms with Crippen molar-refractivity contribution in [3.05, 3.63) is 42.5 Å². The van der Waals surface area contributed by atoms with E-state index in [1.807, 2.05) is 30.3 Å². The number of hydrogen-bond donors (Lipinski definition) is 0. The minimum atomic E-state index is 0.851. The first-order valence-electron chi connectivity index (χ1n) is 3.72. The molecule has 58 valence electrons. The lowest BCUT2D eigenvalue weighted by Crippen LogP contribution is -1.69. The van der Waals surface area contributed by atoms with Gasteiger partial charge in [0.2, 0.25) is 0 Å². The Bertz CT molecular complexity index is 423. The summed E-state index contributed by atoms with van der Waals surface area (Å²) in [7, 11) is 0. The van der Waals surface area contributed by atoms with Gasteiger partial charge in [-0.25, -0.2) is 0 Å². The Morgan fingerprint density at radius 2 is 1.67 bits per heavy atom. The molecule has 0 fully saturated rings. The van der Waals surface area contributed by atoms with E-state index in [-0.39, 0.29) is 0 Å². The molecule has 0 saturated heterocycles. The molecule has 0 unspecified atom stereocenters. The molecule has 0 aliphatic carbocycles. The van der Waals surface area contributed by atoms with E-state index in [1.165, 1.54) is 10.8 Å². The zero-order valence-corrected chi connectivity index (χ0v) is 7.21. The number of hydrogen-bond acceptors (Lipinski definition) is 2. The maximum atomic E-state index is 4.61. The third-order valence-corrected chi connectivity index (χ3v) is 2.05. The Labute approximate surface area is 76.2 Å². The predicted molar refractivity (Wildman–Crippen MR) is 53.4 cm³/mol. The van der Waals surface area contributed by atoms with Crippen molar-refractivity contribution in [1.29, 1.82) is 0 Å². The molecule has 2 rings (SSSR count). The zero-order valence-electron chi connectivity index (χ0n) is 6.40. The molecule has 0 saturated carbocycles. The second-order valence-corrected chi connectivity index (χ2v) is 2.81. The van der Waals surface area contributed by atoms with Gasteiger partial charge in [0, 0.05) is 12.4 Å². The van der Waals surface area contributed by atoms with Gasteiger partial charge in [0.05, 0.1) is 5.69 Å². The Morgan fingerprint density at radius 1 is 0.917 bits per heavy atom. The van der Waals surface area contributed by atoms with Gasteiger partial charge in [-0.3, -0.25) is 0 Å². The van der Waals surface area contributed by atoms with Crippen molar-refractivity contribution in [3.63, 3.8) is 0 Å². The van der Waals surface area contributed by atoms with Gasteiger partial charge in [0.15, 0.2) is 0 Å². The van der Waals surface area contributed by atoms with E-state index in [4.69, 9.17) is 0 Å². The first-order chi connectivity index (χ1) is 5.90. The molecule has 0 aromatic heterocycles. The maximum absolute atomic E-state index is 4.61. The molecule has 0 N–H and O–H groups in total. The third-order valence-electron chi connectivity index (χ3n) is 1.84. The summed E-state index contributed by atoms with van der Waals surface area (Å²) >= 11 is 4.61. The van der Waals surface area contributed by atoms with Crippen molar-refractivity contribution < 1.29 is 0 Å². The van der Waals surface area contributed by atoms with Crippen LogP contribution < -0.4 is 0 Å². The lowest BCUT2D eigenvalue weighted by atomic mass is 10.1. The van der Waals surface area contributed by atoms with Gasteiger partial charge in [-0.05, 0) is 22.9 Å². The summed E-state index contributed by atoms with van der Waals surface area (Å²) in [5, 5.41) is 2.41. The van der Waals surface area contributed by atoms with Gasteiger partial charge in [-0.1, -0.05) is 30.3 Å². The molecule has 0 aliphatic heterocycles. The van der Waals surface area contributed by atoms with Crippen LogP contribution in [-0.4, -0.2) is 0 Å². The van der Waals surface area contributed by atoms with E-state index in [2.05, 4.69) is 28.9 Å². The van der Waals surface area contributed by atoms with Crippen LogP contribution >= 0.6 is 0 Å². The largest absolute Gasteiger partial charge is 0.182 e. The highest BCUT2D eigenvalue weighted by atomic mass is 32.1. The molecule has 0 bridgehead atoms. The van der Waals surface area contributed by atoms with E-state index in [0.717, 1.165) is 5.69 Å². The fraction of sp³-hybridized carbons (Fsp3) is 0. The van der Waals surface area contributed by atoms with Crippen molar-refractivity contribution in [1.82, 2.24) is 0 Å². The number of benzene rings is 2. The molecule has 1 nitrogen and oxygen atoms in total. The predicted octanol–water partition coefficient (Wildman–Crippen LogP) is 3.20. The Morgan fingerprint density at radius 3 is 2.42 bits per heavy atom. The van der Waals surface area contributed by atoms with Crippen LogP contribution in [0.1, 0.15) is 0 Å². The average molecular weight is 173 g/mol. The molecule has 0 radical (unpaired) electrons. The van der Waals surface area contributed by atoms with Gasteiger partial charge in [-0.15, -0.1) is 0 Å². The smallest absolute Gasteiger partial charge is 0.0775 e. The van der Waals surface area contributed by atoms with Crippen LogP contribution in [0.3, 0.4) is 0 Å². The second kappa shape index (κ2) is 2.99. The van der Waals surface area contributed by atoms with Crippen LogP contribution in [0.15, 0.2) is 46.8 Å². The summed E-state index contributed by atoms with van der Waals surface area (Å²) in [5.41, 5.74) is 0.851. The Balaban J connectivity index is 2.75. The van der Waals surface area contributed by atoms with Crippen molar-refractivity contribution in [2.24, 2.45) is 4.36 Å². The Kier molecular flexibility index (Phi) is 1.84. The highest BCUT2D eigenvalue weighted by Gasteiger charge is 1.92. The van der Waals surface area contributed by atoms with Gasteiger partial charge < -0.3 is 0 Å². The third kappa shape index (κ3) is 1.21. The molecule has 0 spiro atoms. The van der Waals surface area contributed by atoms with Crippen molar-refractivity contribution >= 4 is 28.9 Å². The van der Waals surface area contributed by atoms with Gasteiger partial charge >= 0.3 is 0 Å². The van der Waals surface area contributed by atoms with Crippen LogP contribution in [-0.2, 0) is 12.4 Å². The Hall–Kier alpha value is -1.28. The molecule has 2 heteroatoms. The van der Waals surface area contributed by atoms with E-state index < -0.39 is 0 Å². The summed E-state index contributed by atoms with van der Waals surface area (Å²) in [6, 6.07) is 14.1. The van der Waals surface area contributed by atoms with E-state index >= 15 is 0 Å². The highest BCUT2D eigenvalue weighted by Crippen LogP contribution is 2.20. The van der Waals surface area contributed by atoms with Crippen molar-refractivity contribution in [2.45, 2.75) is 0 Å². The van der Waals surface area contributed by atoms with Gasteiger partial charge in [-0.2, -0.15) is 4.36 Å². The zero-order chi connectivity index (χ0) is 8.39. The SMILES string of the molecule is S=Nc1ccc2ccccc2c1. The van der Waals surface area contributed by atoms with Gasteiger partial charge in [0.1, 0.15) is 0 Å². The van der Waals surface area contributed by atoms with Crippen LogP contribution in [0.5, 0.6) is 0 Å². The lowest BCUT2D eigenvalue weighted by molar-refractivity contribution is 1.61. The fourth-order valence-electron chi connectivity index (χ4n) is 1.23. The molecular weight excluding hydrogens is 166 g/mol. The second-order valence-electron chi connectivity index (χ2n) is 2.62. The molecule has 0 amide bonds.